The van der Waals surface area contributed by atoms with Gasteiger partial charge in [0.1, 0.15) is 0 Å². The third-order valence-electron chi connectivity index (χ3n) is 5.08. The van der Waals surface area contributed by atoms with Gasteiger partial charge in [-0.1, -0.05) is 42.5 Å². The van der Waals surface area contributed by atoms with Crippen molar-refractivity contribution in [3.05, 3.63) is 48.0 Å². The molecule has 1 aromatic carbocycles. The Morgan fingerprint density at radius 2 is 1.74 bits per heavy atom. The molecule has 3 rings (SSSR count). The van der Waals surface area contributed by atoms with Gasteiger partial charge in [-0.3, -0.25) is 9.59 Å². The third kappa shape index (κ3) is 3.46. The highest BCUT2D eigenvalue weighted by atomic mass is 16.4. The SMILES string of the molecule is O=C(O)[C@H]1[C@H](C(=O)NCCCCc2ccccc2)[C@H]2C=C[C@H]1C2. The van der Waals surface area contributed by atoms with Gasteiger partial charge in [-0.15, -0.1) is 0 Å². The number of aliphatic carboxylic acids is 1. The fourth-order valence-corrected chi connectivity index (χ4v) is 3.94. The molecule has 0 radical (unpaired) electrons. The number of nitrogens with one attached hydrogen (secondary N) is 1. The van der Waals surface area contributed by atoms with E-state index in [1.165, 1.54) is 5.56 Å². The number of unbranched alkanes of at least 4 members (excludes halogenated alkanes) is 1. The number of carbonyl (C=O) groups excluding carboxylic acids is 1. The molecule has 2 aliphatic rings. The molecule has 1 aromatic rings. The van der Waals surface area contributed by atoms with Crippen LogP contribution in [0.3, 0.4) is 0 Å². The maximum absolute atomic E-state index is 12.4. The van der Waals surface area contributed by atoms with Crippen molar-refractivity contribution in [3.8, 4) is 0 Å². The molecule has 2 bridgehead atoms. The normalized spacial score (nSPS) is 28.0. The number of benzene rings is 1. The average Bonchev–Trinajstić information content (AvgIpc) is 3.16. The van der Waals surface area contributed by atoms with Crippen molar-refractivity contribution in [2.45, 2.75) is 25.7 Å². The van der Waals surface area contributed by atoms with Crippen LogP contribution in [0.4, 0.5) is 0 Å². The van der Waals surface area contributed by atoms with E-state index >= 15 is 0 Å². The predicted molar refractivity (Wildman–Crippen MR) is 87.7 cm³/mol. The summed E-state index contributed by atoms with van der Waals surface area (Å²) in [6.07, 6.45) is 7.73. The first-order valence-electron chi connectivity index (χ1n) is 8.39. The van der Waals surface area contributed by atoms with E-state index in [9.17, 15) is 14.7 Å². The number of hydrogen-bond acceptors (Lipinski definition) is 2. The van der Waals surface area contributed by atoms with Gasteiger partial charge in [-0.2, -0.15) is 0 Å². The minimum atomic E-state index is -0.842. The number of rotatable bonds is 7. The molecule has 1 fully saturated rings. The second-order valence-electron chi connectivity index (χ2n) is 6.57. The van der Waals surface area contributed by atoms with Crippen LogP contribution in [-0.2, 0) is 16.0 Å². The highest BCUT2D eigenvalue weighted by molar-refractivity contribution is 5.86. The lowest BCUT2D eigenvalue weighted by molar-refractivity contribution is -0.147. The molecule has 0 spiro atoms. The van der Waals surface area contributed by atoms with Crippen molar-refractivity contribution in [1.82, 2.24) is 5.32 Å². The molecule has 1 amide bonds. The molecule has 0 saturated heterocycles. The number of allylic oxidation sites excluding steroid dienone is 2. The van der Waals surface area contributed by atoms with E-state index in [0.717, 1.165) is 25.7 Å². The molecule has 122 valence electrons. The van der Waals surface area contributed by atoms with E-state index in [1.807, 2.05) is 30.4 Å². The Kier molecular flexibility index (Phi) is 4.79. The van der Waals surface area contributed by atoms with Crippen LogP contribution in [0.15, 0.2) is 42.5 Å². The van der Waals surface area contributed by atoms with E-state index in [-0.39, 0.29) is 17.7 Å². The van der Waals surface area contributed by atoms with Crippen molar-refractivity contribution in [2.75, 3.05) is 6.54 Å². The van der Waals surface area contributed by atoms with Gasteiger partial charge >= 0.3 is 5.97 Å². The average molecular weight is 313 g/mol. The Morgan fingerprint density at radius 1 is 1.04 bits per heavy atom. The first-order chi connectivity index (χ1) is 11.2. The smallest absolute Gasteiger partial charge is 0.307 e. The largest absolute Gasteiger partial charge is 0.481 e. The van der Waals surface area contributed by atoms with Crippen LogP contribution in [0.1, 0.15) is 24.8 Å². The van der Waals surface area contributed by atoms with Gasteiger partial charge in [0.15, 0.2) is 0 Å². The Hall–Kier alpha value is -2.10. The first kappa shape index (κ1) is 15.8. The zero-order valence-electron chi connectivity index (χ0n) is 13.2. The number of fused-ring (bicyclic) bond motifs is 2. The molecule has 4 nitrogen and oxygen atoms in total. The van der Waals surface area contributed by atoms with Gasteiger partial charge in [0.05, 0.1) is 11.8 Å². The van der Waals surface area contributed by atoms with Gasteiger partial charge in [-0.25, -0.2) is 0 Å². The molecular weight excluding hydrogens is 290 g/mol. The maximum atomic E-state index is 12.4. The minimum Gasteiger partial charge on any atom is -0.481 e. The van der Waals surface area contributed by atoms with Gasteiger partial charge in [-0.05, 0) is 43.1 Å². The zero-order chi connectivity index (χ0) is 16.2. The molecule has 4 heteroatoms. The number of carboxylic acids is 1. The summed E-state index contributed by atoms with van der Waals surface area (Å²) >= 11 is 0. The lowest BCUT2D eigenvalue weighted by Crippen LogP contribution is -2.40. The van der Waals surface area contributed by atoms with Crippen LogP contribution >= 0.6 is 0 Å². The molecule has 23 heavy (non-hydrogen) atoms. The van der Waals surface area contributed by atoms with E-state index < -0.39 is 17.8 Å². The molecule has 1 saturated carbocycles. The lowest BCUT2D eigenvalue weighted by atomic mass is 9.82. The summed E-state index contributed by atoms with van der Waals surface area (Å²) in [5.41, 5.74) is 1.31. The molecule has 4 atom stereocenters. The number of carboxylic acid groups (broad SMARTS) is 1. The standard InChI is InChI=1S/C19H23NO3/c21-18(16-14-9-10-15(12-14)17(16)19(22)23)20-11-5-4-8-13-6-2-1-3-7-13/h1-3,6-7,9-10,14-17H,4-5,8,11-12H2,(H,20,21)(H,22,23)/t14-,15-,16+,17+/m0/s1. The van der Waals surface area contributed by atoms with Gasteiger partial charge in [0, 0.05) is 6.54 Å². The molecule has 0 heterocycles. The summed E-state index contributed by atoms with van der Waals surface area (Å²) in [7, 11) is 0. The van der Waals surface area contributed by atoms with Crippen molar-refractivity contribution in [3.63, 3.8) is 0 Å². The third-order valence-corrected chi connectivity index (χ3v) is 5.08. The minimum absolute atomic E-state index is 0.0336. The Labute approximate surface area is 136 Å². The highest BCUT2D eigenvalue weighted by Crippen LogP contribution is 2.48. The van der Waals surface area contributed by atoms with Crippen LogP contribution in [-0.4, -0.2) is 23.5 Å². The first-order valence-corrected chi connectivity index (χ1v) is 8.39. The molecule has 2 N–H and O–H groups in total. The van der Waals surface area contributed by atoms with Crippen molar-refractivity contribution in [1.29, 1.82) is 0 Å². The summed E-state index contributed by atoms with van der Waals surface area (Å²) in [5.74, 6) is -1.73. The van der Waals surface area contributed by atoms with Gasteiger partial charge in [0.2, 0.25) is 5.91 Å². The highest BCUT2D eigenvalue weighted by Gasteiger charge is 2.51. The number of amides is 1. The second-order valence-corrected chi connectivity index (χ2v) is 6.57. The van der Waals surface area contributed by atoms with Crippen LogP contribution in [0, 0.1) is 23.7 Å². The van der Waals surface area contributed by atoms with E-state index in [2.05, 4.69) is 17.4 Å². The molecule has 0 unspecified atom stereocenters. The van der Waals surface area contributed by atoms with Crippen molar-refractivity contribution in [2.24, 2.45) is 23.7 Å². The summed E-state index contributed by atoms with van der Waals surface area (Å²) in [6, 6.07) is 10.3. The predicted octanol–water partition coefficient (Wildman–Crippen LogP) is 2.65. The second kappa shape index (κ2) is 6.99. The summed E-state index contributed by atoms with van der Waals surface area (Å²) in [6.45, 7) is 0.621. The van der Waals surface area contributed by atoms with Gasteiger partial charge < -0.3 is 10.4 Å². The van der Waals surface area contributed by atoms with Crippen molar-refractivity contribution < 1.29 is 14.7 Å². The Balaban J connectivity index is 1.43. The summed E-state index contributed by atoms with van der Waals surface area (Å²) < 4.78 is 0. The Bertz CT molecular complexity index is 596. The van der Waals surface area contributed by atoms with E-state index in [0.29, 0.717) is 6.54 Å². The number of aryl methyl sites for hydroxylation is 1. The molecule has 0 aliphatic heterocycles. The van der Waals surface area contributed by atoms with Crippen LogP contribution in [0.2, 0.25) is 0 Å². The monoisotopic (exact) mass is 313 g/mol. The van der Waals surface area contributed by atoms with Crippen LogP contribution < -0.4 is 5.32 Å². The van der Waals surface area contributed by atoms with E-state index in [4.69, 9.17) is 0 Å². The van der Waals surface area contributed by atoms with Crippen LogP contribution in [0.5, 0.6) is 0 Å². The number of hydrogen-bond donors (Lipinski definition) is 2. The fraction of sp³-hybridized carbons (Fsp3) is 0.474. The van der Waals surface area contributed by atoms with E-state index in [1.54, 1.807) is 0 Å². The molecular formula is C19H23NO3. The summed E-state index contributed by atoms with van der Waals surface area (Å²) in [4.78, 5) is 23.8. The number of carbonyl (C=O) groups is 2. The quantitative estimate of drug-likeness (QED) is 0.601. The lowest BCUT2D eigenvalue weighted by Gasteiger charge is -2.23. The Morgan fingerprint density at radius 3 is 2.43 bits per heavy atom. The summed E-state index contributed by atoms with van der Waals surface area (Å²) in [5, 5.41) is 12.3. The zero-order valence-corrected chi connectivity index (χ0v) is 13.2. The van der Waals surface area contributed by atoms with Crippen LogP contribution in [0.25, 0.3) is 0 Å². The van der Waals surface area contributed by atoms with Gasteiger partial charge in [0.25, 0.3) is 0 Å². The molecule has 0 aromatic heterocycles. The van der Waals surface area contributed by atoms with Crippen molar-refractivity contribution >= 4 is 11.9 Å². The topological polar surface area (TPSA) is 66.4 Å². The maximum Gasteiger partial charge on any atom is 0.307 e. The fourth-order valence-electron chi connectivity index (χ4n) is 3.94. The molecule has 2 aliphatic carbocycles.